The van der Waals surface area contributed by atoms with E-state index in [-0.39, 0.29) is 5.43 Å². The van der Waals surface area contributed by atoms with E-state index in [9.17, 15) is 4.79 Å². The van der Waals surface area contributed by atoms with Crippen molar-refractivity contribution in [1.29, 1.82) is 0 Å². The van der Waals surface area contributed by atoms with Crippen molar-refractivity contribution >= 4 is 17.9 Å². The molecule has 0 unspecified atom stereocenters. The van der Waals surface area contributed by atoms with Crippen molar-refractivity contribution in [3.63, 3.8) is 0 Å². The van der Waals surface area contributed by atoms with E-state index in [1.54, 1.807) is 0 Å². The molecule has 0 atom stereocenters. The lowest BCUT2D eigenvalue weighted by Crippen LogP contribution is -2.23. The number of hydrogen-bond acceptors (Lipinski definition) is 4. The standard InChI is InChI=1S/C10H16N2OS/c1-3-7-8(9(13)10(7)14)12-6-4-5-11-2/h11-12H,3-6H2,1-2H3. The van der Waals surface area contributed by atoms with Gasteiger partial charge >= 0.3 is 0 Å². The molecule has 14 heavy (non-hydrogen) atoms. The summed E-state index contributed by atoms with van der Waals surface area (Å²) in [4.78, 5) is 11.3. The first kappa shape index (κ1) is 11.3. The Morgan fingerprint density at radius 3 is 2.64 bits per heavy atom. The van der Waals surface area contributed by atoms with Gasteiger partial charge in [0.05, 0.1) is 10.2 Å². The van der Waals surface area contributed by atoms with Crippen LogP contribution >= 0.6 is 12.2 Å². The first-order chi connectivity index (χ1) is 6.72. The number of rotatable bonds is 6. The van der Waals surface area contributed by atoms with Gasteiger partial charge in [0, 0.05) is 12.1 Å². The number of hydrogen-bond donors (Lipinski definition) is 2. The van der Waals surface area contributed by atoms with Crippen LogP contribution < -0.4 is 16.1 Å². The quantitative estimate of drug-likeness (QED) is 0.550. The molecule has 0 radical (unpaired) electrons. The molecule has 1 aromatic rings. The molecule has 0 bridgehead atoms. The summed E-state index contributed by atoms with van der Waals surface area (Å²) in [7, 11) is 1.92. The second kappa shape index (κ2) is 5.22. The third-order valence-electron chi connectivity index (χ3n) is 2.27. The fraction of sp³-hybridized carbons (Fsp3) is 0.600. The molecule has 0 aliphatic rings. The maximum Gasteiger partial charge on any atom is 0.220 e. The first-order valence-corrected chi connectivity index (χ1v) is 5.33. The third kappa shape index (κ3) is 2.19. The van der Waals surface area contributed by atoms with Gasteiger partial charge in [-0.25, -0.2) is 0 Å². The Hall–Kier alpha value is -0.740. The molecule has 3 nitrogen and oxygen atoms in total. The van der Waals surface area contributed by atoms with Crippen molar-refractivity contribution in [2.45, 2.75) is 19.8 Å². The lowest BCUT2D eigenvalue weighted by Gasteiger charge is -2.12. The molecule has 2 N–H and O–H groups in total. The van der Waals surface area contributed by atoms with Crippen LogP contribution in [0, 0.1) is 4.51 Å². The predicted octanol–water partition coefficient (Wildman–Crippen LogP) is 1.24. The van der Waals surface area contributed by atoms with E-state index in [2.05, 4.69) is 10.6 Å². The normalized spacial score (nSPS) is 10.7. The van der Waals surface area contributed by atoms with Gasteiger partial charge in [0.2, 0.25) is 5.43 Å². The van der Waals surface area contributed by atoms with E-state index in [1.807, 2.05) is 14.0 Å². The van der Waals surface area contributed by atoms with Crippen LogP contribution in [0.3, 0.4) is 0 Å². The molecule has 0 fully saturated rings. The SMILES string of the molecule is CCc1c(NCCCNC)c(=O)c1=S. The minimum absolute atomic E-state index is 0.0151. The summed E-state index contributed by atoms with van der Waals surface area (Å²) in [5.41, 5.74) is 1.78. The van der Waals surface area contributed by atoms with Crippen molar-refractivity contribution in [1.82, 2.24) is 5.32 Å². The zero-order valence-electron chi connectivity index (χ0n) is 8.64. The van der Waals surface area contributed by atoms with Crippen LogP contribution in [0.4, 0.5) is 5.69 Å². The maximum absolute atomic E-state index is 11.3. The molecule has 0 amide bonds. The van der Waals surface area contributed by atoms with Gasteiger partial charge in [0.15, 0.2) is 0 Å². The Kier molecular flexibility index (Phi) is 4.22. The molecule has 0 spiro atoms. The summed E-state index contributed by atoms with van der Waals surface area (Å²) in [6.07, 6.45) is 1.86. The summed E-state index contributed by atoms with van der Waals surface area (Å²) >= 11 is 4.95. The Balaban J connectivity index is 2.48. The molecule has 0 aromatic heterocycles. The smallest absolute Gasteiger partial charge is 0.220 e. The van der Waals surface area contributed by atoms with E-state index >= 15 is 0 Å². The Morgan fingerprint density at radius 2 is 2.07 bits per heavy atom. The van der Waals surface area contributed by atoms with Gasteiger partial charge in [0.25, 0.3) is 0 Å². The number of nitrogens with one attached hydrogen (secondary N) is 2. The van der Waals surface area contributed by atoms with E-state index < -0.39 is 0 Å². The predicted molar refractivity (Wildman–Crippen MR) is 62.3 cm³/mol. The summed E-state index contributed by atoms with van der Waals surface area (Å²) in [5.74, 6) is 0. The average Bonchev–Trinajstić information content (AvgIpc) is 2.21. The minimum atomic E-state index is 0.0151. The van der Waals surface area contributed by atoms with E-state index in [0.717, 1.165) is 37.2 Å². The van der Waals surface area contributed by atoms with Crippen LogP contribution in [-0.2, 0) is 6.42 Å². The highest BCUT2D eigenvalue weighted by Crippen LogP contribution is 2.16. The summed E-state index contributed by atoms with van der Waals surface area (Å²) < 4.78 is 0.517. The molecule has 0 saturated heterocycles. The first-order valence-electron chi connectivity index (χ1n) is 4.93. The van der Waals surface area contributed by atoms with E-state index in [4.69, 9.17) is 12.2 Å². The van der Waals surface area contributed by atoms with Gasteiger partial charge < -0.3 is 10.6 Å². The molecular weight excluding hydrogens is 196 g/mol. The van der Waals surface area contributed by atoms with Crippen molar-refractivity contribution in [3.05, 3.63) is 20.3 Å². The molecule has 1 aromatic carbocycles. The summed E-state index contributed by atoms with van der Waals surface area (Å²) in [6, 6.07) is 0. The van der Waals surface area contributed by atoms with Gasteiger partial charge in [-0.1, -0.05) is 19.1 Å². The molecule has 1 rings (SSSR count). The van der Waals surface area contributed by atoms with Crippen LogP contribution in [0.5, 0.6) is 0 Å². The molecule has 0 heterocycles. The highest BCUT2D eigenvalue weighted by molar-refractivity contribution is 7.71. The average molecular weight is 212 g/mol. The third-order valence-corrected chi connectivity index (χ3v) is 2.70. The van der Waals surface area contributed by atoms with Gasteiger partial charge in [-0.15, -0.1) is 0 Å². The fourth-order valence-electron chi connectivity index (χ4n) is 1.44. The lowest BCUT2D eigenvalue weighted by atomic mass is 10.1. The Bertz CT molecular complexity index is 366. The van der Waals surface area contributed by atoms with Gasteiger partial charge in [-0.05, 0) is 26.4 Å². The summed E-state index contributed by atoms with van der Waals surface area (Å²) in [6.45, 7) is 3.80. The van der Waals surface area contributed by atoms with Crippen molar-refractivity contribution in [2.24, 2.45) is 0 Å². The van der Waals surface area contributed by atoms with Crippen LogP contribution in [0.1, 0.15) is 18.9 Å². The van der Waals surface area contributed by atoms with E-state index in [1.165, 1.54) is 0 Å². The largest absolute Gasteiger partial charge is 0.382 e. The molecule has 0 aliphatic heterocycles. The fourth-order valence-corrected chi connectivity index (χ4v) is 1.79. The number of anilines is 1. The van der Waals surface area contributed by atoms with Crippen LogP contribution in [0.15, 0.2) is 4.79 Å². The highest BCUT2D eigenvalue weighted by atomic mass is 32.1. The van der Waals surface area contributed by atoms with Crippen molar-refractivity contribution in [2.75, 3.05) is 25.5 Å². The molecule has 4 heteroatoms. The Morgan fingerprint density at radius 1 is 1.36 bits per heavy atom. The zero-order chi connectivity index (χ0) is 10.6. The van der Waals surface area contributed by atoms with Gasteiger partial charge in [0.1, 0.15) is 0 Å². The maximum atomic E-state index is 11.3. The van der Waals surface area contributed by atoms with Crippen molar-refractivity contribution < 1.29 is 0 Å². The van der Waals surface area contributed by atoms with Crippen molar-refractivity contribution in [3.8, 4) is 0 Å². The minimum Gasteiger partial charge on any atom is -0.382 e. The zero-order valence-corrected chi connectivity index (χ0v) is 9.46. The van der Waals surface area contributed by atoms with E-state index in [0.29, 0.717) is 4.51 Å². The second-order valence-electron chi connectivity index (χ2n) is 3.25. The van der Waals surface area contributed by atoms with Crippen LogP contribution in [0.2, 0.25) is 0 Å². The monoisotopic (exact) mass is 212 g/mol. The van der Waals surface area contributed by atoms with Crippen LogP contribution in [-0.4, -0.2) is 20.1 Å². The topological polar surface area (TPSA) is 41.1 Å². The molecule has 0 aliphatic carbocycles. The van der Waals surface area contributed by atoms with Crippen LogP contribution in [0.25, 0.3) is 0 Å². The summed E-state index contributed by atoms with van der Waals surface area (Å²) in [5, 5.41) is 6.19. The van der Waals surface area contributed by atoms with Gasteiger partial charge in [-0.3, -0.25) is 4.79 Å². The lowest BCUT2D eigenvalue weighted by molar-refractivity contribution is 0.747. The Labute approximate surface area is 89.2 Å². The molecule has 0 saturated carbocycles. The molecule has 78 valence electrons. The van der Waals surface area contributed by atoms with Gasteiger partial charge in [-0.2, -0.15) is 0 Å². The molecular formula is C10H16N2OS. The highest BCUT2D eigenvalue weighted by Gasteiger charge is 2.14. The second-order valence-corrected chi connectivity index (χ2v) is 3.66.